The molecule has 2 aliphatic rings. The van der Waals surface area contributed by atoms with Crippen LogP contribution in [0.5, 0.6) is 23.0 Å². The second-order valence-electron chi connectivity index (χ2n) is 11.2. The lowest BCUT2D eigenvalue weighted by molar-refractivity contribution is -0.372. The summed E-state index contributed by atoms with van der Waals surface area (Å²) in [6.07, 6.45) is -21.0. The molecule has 49 heavy (non-hydrogen) atoms. The maximum absolute atomic E-state index is 12.9. The van der Waals surface area contributed by atoms with Crippen LogP contribution in [-0.2, 0) is 30.2 Å². The van der Waals surface area contributed by atoms with Crippen molar-refractivity contribution in [1.29, 1.82) is 0 Å². The minimum absolute atomic E-state index is 0.0618. The van der Waals surface area contributed by atoms with E-state index < -0.39 is 101 Å². The predicted octanol–water partition coefficient (Wildman–Crippen LogP) is -3.95. The Bertz CT molecular complexity index is 1800. The molecule has 0 amide bonds. The van der Waals surface area contributed by atoms with Crippen LogP contribution in [0.15, 0.2) is 39.5 Å². The second kappa shape index (κ2) is 13.4. The summed E-state index contributed by atoms with van der Waals surface area (Å²) in [5.41, 5.74) is -0.885. The van der Waals surface area contributed by atoms with Crippen LogP contribution < -0.4 is 10.2 Å². The van der Waals surface area contributed by atoms with Crippen molar-refractivity contribution < 1.29 is 94.2 Å². The first-order valence-corrected chi connectivity index (χ1v) is 14.2. The van der Waals surface area contributed by atoms with Crippen LogP contribution in [0.3, 0.4) is 0 Å². The highest BCUT2D eigenvalue weighted by atomic mass is 16.8. The lowest BCUT2D eigenvalue weighted by atomic mass is 9.95. The normalized spacial score (nSPS) is 29.8. The molecule has 266 valence electrons. The number of aliphatic hydroxyl groups is 8. The first-order chi connectivity index (χ1) is 23.0. The molecule has 0 radical (unpaired) electrons. The number of esters is 1. The number of carbonyl (C=O) groups excluding carboxylic acids is 1. The van der Waals surface area contributed by atoms with Gasteiger partial charge in [-0.1, -0.05) is 0 Å². The first-order valence-electron chi connectivity index (χ1n) is 14.2. The molecule has 0 saturated carbocycles. The molecular weight excluding hydrogens is 668 g/mol. The Morgan fingerprint density at radius 2 is 1.53 bits per heavy atom. The topological polar surface area (TPSA) is 344 Å². The summed E-state index contributed by atoms with van der Waals surface area (Å²) in [7, 11) is 0. The maximum atomic E-state index is 12.9. The number of benzene rings is 2. The number of rotatable bonds is 8. The van der Waals surface area contributed by atoms with Gasteiger partial charge in [-0.3, -0.25) is 4.79 Å². The van der Waals surface area contributed by atoms with Gasteiger partial charge in [0.2, 0.25) is 24.5 Å². The highest BCUT2D eigenvalue weighted by Crippen LogP contribution is 2.38. The number of aliphatic carboxylic acids is 1. The third kappa shape index (κ3) is 6.57. The van der Waals surface area contributed by atoms with Gasteiger partial charge in [-0.25, -0.2) is 9.59 Å². The largest absolute Gasteiger partial charge is 0.507 e. The summed E-state index contributed by atoms with van der Waals surface area (Å²) in [5, 5.41) is 120. The number of phenols is 3. The fourth-order valence-corrected chi connectivity index (χ4v) is 5.25. The Labute approximate surface area is 272 Å². The summed E-state index contributed by atoms with van der Waals surface area (Å²) in [4.78, 5) is 37.2. The van der Waals surface area contributed by atoms with Crippen molar-refractivity contribution in [2.75, 3.05) is 6.61 Å². The van der Waals surface area contributed by atoms with Crippen LogP contribution in [0.1, 0.15) is 5.56 Å². The molecule has 20 nitrogen and oxygen atoms in total. The van der Waals surface area contributed by atoms with E-state index in [4.69, 9.17) is 23.4 Å². The van der Waals surface area contributed by atoms with E-state index in [-0.39, 0.29) is 40.9 Å². The van der Waals surface area contributed by atoms with Crippen molar-refractivity contribution in [3.8, 4) is 34.3 Å². The molecule has 2 aliphatic heterocycles. The van der Waals surface area contributed by atoms with Gasteiger partial charge in [-0.2, -0.15) is 0 Å². The van der Waals surface area contributed by atoms with E-state index in [1.54, 1.807) is 0 Å². The Morgan fingerprint density at radius 1 is 0.837 bits per heavy atom. The lowest BCUT2D eigenvalue weighted by Gasteiger charge is -2.43. The smallest absolute Gasteiger partial charge is 0.340 e. The quantitative estimate of drug-likeness (QED) is 0.0606. The van der Waals surface area contributed by atoms with E-state index in [1.807, 2.05) is 0 Å². The van der Waals surface area contributed by atoms with Gasteiger partial charge in [0.05, 0.1) is 0 Å². The van der Waals surface area contributed by atoms with Crippen molar-refractivity contribution in [3.63, 3.8) is 0 Å². The highest BCUT2D eigenvalue weighted by Gasteiger charge is 2.59. The van der Waals surface area contributed by atoms with Crippen molar-refractivity contribution in [1.82, 2.24) is 0 Å². The fourth-order valence-electron chi connectivity index (χ4n) is 5.25. The van der Waals surface area contributed by atoms with E-state index in [0.717, 1.165) is 24.3 Å². The summed E-state index contributed by atoms with van der Waals surface area (Å²) in [5.74, 6) is -9.59. The van der Waals surface area contributed by atoms with E-state index >= 15 is 0 Å². The van der Waals surface area contributed by atoms with Crippen molar-refractivity contribution in [2.24, 2.45) is 0 Å². The van der Waals surface area contributed by atoms with Gasteiger partial charge in [-0.05, 0) is 18.6 Å². The Kier molecular flexibility index (Phi) is 9.73. The van der Waals surface area contributed by atoms with E-state index in [2.05, 4.69) is 0 Å². The number of hydrogen-bond donors (Lipinski definition) is 12. The molecule has 3 heterocycles. The summed E-state index contributed by atoms with van der Waals surface area (Å²) < 4.78 is 26.0. The highest BCUT2D eigenvalue weighted by molar-refractivity contribution is 5.86. The molecule has 0 spiro atoms. The van der Waals surface area contributed by atoms with E-state index in [1.165, 1.54) is 6.07 Å². The molecule has 3 aromatic rings. The van der Waals surface area contributed by atoms with Gasteiger partial charge in [0.25, 0.3) is 0 Å². The monoisotopic (exact) mass is 698 g/mol. The molecule has 9 atom stereocenters. The van der Waals surface area contributed by atoms with E-state index in [9.17, 15) is 75.7 Å². The second-order valence-corrected chi connectivity index (χ2v) is 11.2. The molecule has 9 unspecified atom stereocenters. The zero-order chi connectivity index (χ0) is 36.1. The number of hydrogen-bond acceptors (Lipinski definition) is 19. The average Bonchev–Trinajstić information content (AvgIpc) is 3.03. The number of ether oxygens (including phenoxy) is 4. The zero-order valence-corrected chi connectivity index (χ0v) is 24.6. The van der Waals surface area contributed by atoms with Crippen molar-refractivity contribution >= 4 is 22.9 Å². The summed E-state index contributed by atoms with van der Waals surface area (Å²) >= 11 is 0. The third-order valence-electron chi connectivity index (χ3n) is 7.82. The number of carboxylic acid groups (broad SMARTS) is 1. The fraction of sp³-hybridized carbons (Fsp3) is 0.414. The van der Waals surface area contributed by atoms with Crippen LogP contribution >= 0.6 is 0 Å². The predicted molar refractivity (Wildman–Crippen MR) is 153 cm³/mol. The molecule has 0 aliphatic carbocycles. The van der Waals surface area contributed by atoms with Crippen LogP contribution in [0.4, 0.5) is 0 Å². The first kappa shape index (κ1) is 35.7. The third-order valence-corrected chi connectivity index (χ3v) is 7.82. The molecule has 2 aromatic carbocycles. The maximum Gasteiger partial charge on any atom is 0.340 e. The minimum Gasteiger partial charge on any atom is -0.507 e. The number of carbonyl (C=O) groups is 2. The zero-order valence-electron chi connectivity index (χ0n) is 24.6. The van der Waals surface area contributed by atoms with Crippen molar-refractivity contribution in [2.45, 2.75) is 67.5 Å². The van der Waals surface area contributed by atoms with Gasteiger partial charge in [0.1, 0.15) is 58.7 Å². The van der Waals surface area contributed by atoms with Crippen molar-refractivity contribution in [3.05, 3.63) is 46.1 Å². The van der Waals surface area contributed by atoms with Gasteiger partial charge in [0, 0.05) is 35.9 Å². The molecule has 1 aromatic heterocycles. The van der Waals surface area contributed by atoms with Gasteiger partial charge in [-0.15, -0.1) is 0 Å². The van der Waals surface area contributed by atoms with Crippen LogP contribution in [0.25, 0.3) is 22.3 Å². The Balaban J connectivity index is 1.41. The van der Waals surface area contributed by atoms with Crippen LogP contribution in [0, 0.1) is 0 Å². The molecule has 0 bridgehead atoms. The van der Waals surface area contributed by atoms with Crippen LogP contribution in [-0.4, -0.2) is 141 Å². The molecular formula is C29H30O20. The Morgan fingerprint density at radius 3 is 2.18 bits per heavy atom. The number of fused-ring (bicyclic) bond motifs is 1. The standard InChI is InChI=1S/C29H30O20/c30-2-1-8-3-9(4-13(33)17(8)34)14-7-12(32)16-11(31)5-10(6-15(16)46-14)45-27-20(37)18(35)19(36)22(47-27)26(42)49-28-21(38)23(39)29(43,44)24(48-28)25(40)41/h3-7,18-24,27-28,30-31,33-39,43-44H,1-2H2,(H,40,41). The summed E-state index contributed by atoms with van der Waals surface area (Å²) in [6, 6.07) is 5.29. The molecule has 5 rings (SSSR count). The minimum atomic E-state index is -3.52. The van der Waals surface area contributed by atoms with Gasteiger partial charge in [0.15, 0.2) is 23.0 Å². The SMILES string of the molecule is O=C(OC1OC(C(=O)O)C(O)(O)C(O)C1O)C1OC(Oc2cc(O)c3c(=O)cc(-c4cc(O)c(O)c(CCO)c4)oc3c2)C(O)C(O)C1O. The van der Waals surface area contributed by atoms with Crippen LogP contribution in [0.2, 0.25) is 0 Å². The molecule has 20 heteroatoms. The molecule has 2 saturated heterocycles. The lowest BCUT2D eigenvalue weighted by Crippen LogP contribution is -2.69. The summed E-state index contributed by atoms with van der Waals surface area (Å²) in [6.45, 7) is -0.384. The number of aromatic hydroxyl groups is 3. The number of phenolic OH excluding ortho intramolecular Hbond substituents is 3. The van der Waals surface area contributed by atoms with Gasteiger partial charge >= 0.3 is 11.9 Å². The average molecular weight is 699 g/mol. The Hall–Kier alpha value is -4.61. The number of aliphatic hydroxyl groups excluding tert-OH is 6. The van der Waals surface area contributed by atoms with Gasteiger partial charge < -0.3 is 84.6 Å². The molecule has 2 fully saturated rings. The molecule has 12 N–H and O–H groups in total. The van der Waals surface area contributed by atoms with E-state index in [0.29, 0.717) is 0 Å². The number of carboxylic acids is 1.